The van der Waals surface area contributed by atoms with Gasteiger partial charge in [-0.1, -0.05) is 48.5 Å². The lowest BCUT2D eigenvalue weighted by atomic mass is 10.0. The molecule has 0 N–H and O–H groups in total. The van der Waals surface area contributed by atoms with Crippen LogP contribution in [0.25, 0.3) is 22.0 Å². The Morgan fingerprint density at radius 2 is 1.73 bits per heavy atom. The third-order valence-corrected chi connectivity index (χ3v) is 5.55. The highest BCUT2D eigenvalue weighted by atomic mass is 16.5. The smallest absolute Gasteiger partial charge is 0.151 e. The molecule has 1 atom stereocenters. The minimum Gasteiger partial charge on any atom is -0.497 e. The third-order valence-electron chi connectivity index (χ3n) is 5.55. The Morgan fingerprint density at radius 3 is 2.53 bits per heavy atom. The molecule has 1 aliphatic rings. The van der Waals surface area contributed by atoms with Gasteiger partial charge in [-0.15, -0.1) is 10.2 Å². The number of fused-ring (bicyclic) bond motifs is 1. The van der Waals surface area contributed by atoms with E-state index in [2.05, 4.69) is 45.4 Å². The van der Waals surface area contributed by atoms with Gasteiger partial charge in [0.25, 0.3) is 0 Å². The number of morpholine rings is 1. The minimum atomic E-state index is 0.000788. The molecule has 1 aromatic heterocycles. The molecular formula is C25H23N3O2. The second-order valence-corrected chi connectivity index (χ2v) is 7.42. The molecule has 0 radical (unpaired) electrons. The molecule has 2 heterocycles. The van der Waals surface area contributed by atoms with Crippen molar-refractivity contribution in [2.75, 3.05) is 31.7 Å². The molecule has 5 nitrogen and oxygen atoms in total. The summed E-state index contributed by atoms with van der Waals surface area (Å²) in [5.74, 6) is 1.75. The van der Waals surface area contributed by atoms with E-state index in [0.29, 0.717) is 6.61 Å². The van der Waals surface area contributed by atoms with Crippen molar-refractivity contribution in [1.82, 2.24) is 10.2 Å². The predicted molar refractivity (Wildman–Crippen MR) is 119 cm³/mol. The van der Waals surface area contributed by atoms with E-state index >= 15 is 0 Å². The molecule has 3 aromatic carbocycles. The van der Waals surface area contributed by atoms with Crippen molar-refractivity contribution in [2.45, 2.75) is 6.10 Å². The summed E-state index contributed by atoms with van der Waals surface area (Å²) < 4.78 is 11.4. The molecule has 0 saturated carbocycles. The molecule has 0 spiro atoms. The summed E-state index contributed by atoms with van der Waals surface area (Å²) in [4.78, 5) is 2.24. The zero-order valence-electron chi connectivity index (χ0n) is 16.9. The van der Waals surface area contributed by atoms with E-state index in [4.69, 9.17) is 9.47 Å². The van der Waals surface area contributed by atoms with Gasteiger partial charge < -0.3 is 14.4 Å². The lowest BCUT2D eigenvalue weighted by molar-refractivity contribution is 0.0395. The van der Waals surface area contributed by atoms with E-state index in [1.54, 1.807) is 7.11 Å². The number of benzene rings is 3. The molecule has 1 fully saturated rings. The normalized spacial score (nSPS) is 16.6. The Kier molecular flexibility index (Phi) is 5.03. The van der Waals surface area contributed by atoms with Crippen LogP contribution in [0.15, 0.2) is 78.9 Å². The van der Waals surface area contributed by atoms with Gasteiger partial charge in [-0.25, -0.2) is 0 Å². The molecule has 30 heavy (non-hydrogen) atoms. The molecule has 5 rings (SSSR count). The van der Waals surface area contributed by atoms with Gasteiger partial charge in [0.1, 0.15) is 11.9 Å². The second-order valence-electron chi connectivity index (χ2n) is 7.42. The van der Waals surface area contributed by atoms with Crippen LogP contribution >= 0.6 is 0 Å². The van der Waals surface area contributed by atoms with Crippen molar-refractivity contribution in [3.8, 4) is 17.0 Å². The van der Waals surface area contributed by atoms with Gasteiger partial charge in [-0.3, -0.25) is 0 Å². The van der Waals surface area contributed by atoms with E-state index in [-0.39, 0.29) is 6.10 Å². The van der Waals surface area contributed by atoms with Crippen molar-refractivity contribution in [1.29, 1.82) is 0 Å². The maximum atomic E-state index is 6.09. The minimum absolute atomic E-state index is 0.000788. The monoisotopic (exact) mass is 397 g/mol. The van der Waals surface area contributed by atoms with Gasteiger partial charge in [0.15, 0.2) is 5.82 Å². The molecule has 1 aliphatic heterocycles. The Bertz CT molecular complexity index is 1150. The Morgan fingerprint density at radius 1 is 0.900 bits per heavy atom. The van der Waals surface area contributed by atoms with Gasteiger partial charge in [0.2, 0.25) is 0 Å². The number of methoxy groups -OCH3 is 1. The number of aromatic nitrogens is 2. The average molecular weight is 397 g/mol. The van der Waals surface area contributed by atoms with Gasteiger partial charge in [0.05, 0.1) is 19.4 Å². The Balaban J connectivity index is 1.35. The molecular weight excluding hydrogens is 374 g/mol. The number of anilines is 1. The van der Waals surface area contributed by atoms with Gasteiger partial charge in [0, 0.05) is 18.7 Å². The van der Waals surface area contributed by atoms with E-state index in [1.165, 1.54) is 10.9 Å². The Labute approximate surface area is 175 Å². The van der Waals surface area contributed by atoms with E-state index in [9.17, 15) is 0 Å². The van der Waals surface area contributed by atoms with Crippen LogP contribution in [0.3, 0.4) is 0 Å². The standard InChI is InChI=1S/C25H23N3O2/c1-29-22-10-9-19-15-21(8-7-20(19)16-22)24-17-28(13-14-30-24)25-12-11-23(26-27-25)18-5-3-2-4-6-18/h2-12,15-16,24H,13-14,17H2,1H3/t24-/m0/s1. The lowest BCUT2D eigenvalue weighted by Gasteiger charge is -2.33. The fourth-order valence-corrected chi connectivity index (χ4v) is 3.89. The van der Waals surface area contributed by atoms with E-state index in [0.717, 1.165) is 41.3 Å². The average Bonchev–Trinajstić information content (AvgIpc) is 2.84. The fourth-order valence-electron chi connectivity index (χ4n) is 3.89. The number of hydrogen-bond acceptors (Lipinski definition) is 5. The van der Waals surface area contributed by atoms with Crippen LogP contribution in [0.1, 0.15) is 11.7 Å². The molecule has 5 heteroatoms. The molecule has 1 saturated heterocycles. The quantitative estimate of drug-likeness (QED) is 0.491. The van der Waals surface area contributed by atoms with E-state index in [1.807, 2.05) is 48.5 Å². The molecule has 0 unspecified atom stereocenters. The van der Waals surface area contributed by atoms with Crippen LogP contribution in [0.4, 0.5) is 5.82 Å². The van der Waals surface area contributed by atoms with Crippen LogP contribution in [-0.4, -0.2) is 37.0 Å². The summed E-state index contributed by atoms with van der Waals surface area (Å²) in [6, 6.07) is 26.8. The zero-order chi connectivity index (χ0) is 20.3. The summed E-state index contributed by atoms with van der Waals surface area (Å²) in [6.45, 7) is 2.22. The highest BCUT2D eigenvalue weighted by Crippen LogP contribution is 2.29. The first-order valence-electron chi connectivity index (χ1n) is 10.1. The summed E-state index contributed by atoms with van der Waals surface area (Å²) in [5.41, 5.74) is 3.13. The van der Waals surface area contributed by atoms with Crippen LogP contribution in [0, 0.1) is 0 Å². The summed E-state index contributed by atoms with van der Waals surface area (Å²) in [5, 5.41) is 11.3. The molecule has 150 valence electrons. The van der Waals surface area contributed by atoms with Crippen LogP contribution in [-0.2, 0) is 4.74 Å². The zero-order valence-corrected chi connectivity index (χ0v) is 16.9. The maximum absolute atomic E-state index is 6.09. The second kappa shape index (κ2) is 8.13. The SMILES string of the molecule is COc1ccc2cc([C@@H]3CN(c4ccc(-c5ccccc5)nn4)CCO3)ccc2c1. The molecule has 0 bridgehead atoms. The predicted octanol–water partition coefficient (Wildman–Crippen LogP) is 4.88. The highest BCUT2D eigenvalue weighted by molar-refractivity contribution is 5.84. The van der Waals surface area contributed by atoms with Crippen molar-refractivity contribution >= 4 is 16.6 Å². The van der Waals surface area contributed by atoms with Gasteiger partial charge in [-0.2, -0.15) is 0 Å². The van der Waals surface area contributed by atoms with Gasteiger partial charge in [-0.05, 0) is 46.7 Å². The first kappa shape index (κ1) is 18.6. The largest absolute Gasteiger partial charge is 0.497 e. The molecule has 0 amide bonds. The summed E-state index contributed by atoms with van der Waals surface area (Å²) in [6.07, 6.45) is 0.000788. The molecule has 0 aliphatic carbocycles. The fraction of sp³-hybridized carbons (Fsp3) is 0.200. The van der Waals surface area contributed by atoms with E-state index < -0.39 is 0 Å². The summed E-state index contributed by atoms with van der Waals surface area (Å²) >= 11 is 0. The maximum Gasteiger partial charge on any atom is 0.151 e. The number of hydrogen-bond donors (Lipinski definition) is 0. The highest BCUT2D eigenvalue weighted by Gasteiger charge is 2.23. The lowest BCUT2D eigenvalue weighted by Crippen LogP contribution is -2.39. The first-order chi connectivity index (χ1) is 14.8. The van der Waals surface area contributed by atoms with Crippen LogP contribution in [0.5, 0.6) is 5.75 Å². The van der Waals surface area contributed by atoms with Gasteiger partial charge >= 0.3 is 0 Å². The number of nitrogens with zero attached hydrogens (tertiary/aromatic N) is 3. The summed E-state index contributed by atoms with van der Waals surface area (Å²) in [7, 11) is 1.69. The third kappa shape index (κ3) is 3.72. The first-order valence-corrected chi connectivity index (χ1v) is 10.1. The van der Waals surface area contributed by atoms with Crippen molar-refractivity contribution in [2.24, 2.45) is 0 Å². The molecule has 4 aromatic rings. The Hall–Kier alpha value is -3.44. The van der Waals surface area contributed by atoms with Crippen molar-refractivity contribution in [3.63, 3.8) is 0 Å². The number of ether oxygens (including phenoxy) is 2. The van der Waals surface area contributed by atoms with Crippen molar-refractivity contribution in [3.05, 3.63) is 84.4 Å². The van der Waals surface area contributed by atoms with Crippen molar-refractivity contribution < 1.29 is 9.47 Å². The van der Waals surface area contributed by atoms with Crippen LogP contribution in [0.2, 0.25) is 0 Å². The van der Waals surface area contributed by atoms with Crippen LogP contribution < -0.4 is 9.64 Å². The topological polar surface area (TPSA) is 47.5 Å². The number of rotatable bonds is 4.